The Kier molecular flexibility index (Phi) is 8.36. The van der Waals surface area contributed by atoms with Crippen LogP contribution in [0.4, 0.5) is 11.6 Å². The number of aromatic nitrogens is 2. The van der Waals surface area contributed by atoms with Gasteiger partial charge in [0.05, 0.1) is 18.7 Å². The number of rotatable bonds is 10. The van der Waals surface area contributed by atoms with Gasteiger partial charge in [0.15, 0.2) is 11.6 Å². The fourth-order valence-corrected chi connectivity index (χ4v) is 3.78. The first kappa shape index (κ1) is 23.9. The first-order valence-electron chi connectivity index (χ1n) is 10.3. The molecule has 0 amide bonds. The van der Waals surface area contributed by atoms with Gasteiger partial charge in [-0.25, -0.2) is 0 Å². The Hall–Kier alpha value is -2.77. The van der Waals surface area contributed by atoms with Crippen molar-refractivity contribution in [3.63, 3.8) is 0 Å². The summed E-state index contributed by atoms with van der Waals surface area (Å²) in [7, 11) is 3.51. The van der Waals surface area contributed by atoms with Crippen molar-refractivity contribution in [1.82, 2.24) is 10.2 Å². The van der Waals surface area contributed by atoms with Gasteiger partial charge in [-0.15, -0.1) is 10.2 Å². The molecule has 0 saturated heterocycles. The average molecular weight is 477 g/mol. The summed E-state index contributed by atoms with van der Waals surface area (Å²) < 4.78 is 10.2. The van der Waals surface area contributed by atoms with Crippen LogP contribution in [0.1, 0.15) is 25.3 Å². The lowest BCUT2D eigenvalue weighted by Crippen LogP contribution is -2.22. The minimum atomic E-state index is -0.193. The third kappa shape index (κ3) is 5.93. The highest BCUT2D eigenvalue weighted by Gasteiger charge is 2.14. The van der Waals surface area contributed by atoms with Crippen LogP contribution in [-0.2, 0) is 16.1 Å². The minimum Gasteiger partial charge on any atom is -0.495 e. The molecule has 2 aromatic carbocycles. The van der Waals surface area contributed by atoms with Gasteiger partial charge in [-0.2, -0.15) is 0 Å². The van der Waals surface area contributed by atoms with E-state index in [1.54, 1.807) is 14.0 Å². The van der Waals surface area contributed by atoms with Gasteiger partial charge in [0.25, 0.3) is 0 Å². The van der Waals surface area contributed by atoms with Gasteiger partial charge in [-0.05, 0) is 49.2 Å². The average Bonchev–Trinajstić information content (AvgIpc) is 2.77. The second-order valence-corrected chi connectivity index (χ2v) is 8.06. The second-order valence-electron chi connectivity index (χ2n) is 7.21. The molecule has 0 saturated carbocycles. The van der Waals surface area contributed by atoms with E-state index in [0.29, 0.717) is 54.2 Å². The first-order valence-corrected chi connectivity index (χ1v) is 11.1. The monoisotopic (exact) mass is 476 g/mol. The van der Waals surface area contributed by atoms with Crippen molar-refractivity contribution >= 4 is 51.6 Å². The zero-order valence-corrected chi connectivity index (χ0v) is 19.8. The molecule has 0 unspecified atom stereocenters. The molecule has 0 fully saturated rings. The normalized spacial score (nSPS) is 10.8. The summed E-state index contributed by atoms with van der Waals surface area (Å²) in [4.78, 5) is 13.6. The van der Waals surface area contributed by atoms with E-state index in [4.69, 9.17) is 32.7 Å². The number of benzene rings is 2. The highest BCUT2D eigenvalue weighted by molar-refractivity contribution is 6.32. The van der Waals surface area contributed by atoms with Crippen LogP contribution >= 0.6 is 23.2 Å². The van der Waals surface area contributed by atoms with E-state index in [-0.39, 0.29) is 5.97 Å². The van der Waals surface area contributed by atoms with Crippen LogP contribution in [0.2, 0.25) is 10.0 Å². The second kappa shape index (κ2) is 11.2. The number of esters is 1. The fourth-order valence-electron chi connectivity index (χ4n) is 3.33. The van der Waals surface area contributed by atoms with Gasteiger partial charge in [-0.1, -0.05) is 29.3 Å². The van der Waals surface area contributed by atoms with E-state index in [9.17, 15) is 4.79 Å². The van der Waals surface area contributed by atoms with Crippen LogP contribution in [0, 0.1) is 0 Å². The molecule has 1 aromatic heterocycles. The van der Waals surface area contributed by atoms with Crippen molar-refractivity contribution in [2.24, 2.45) is 0 Å². The van der Waals surface area contributed by atoms with E-state index in [1.165, 1.54) is 0 Å². The summed E-state index contributed by atoms with van der Waals surface area (Å²) in [6.45, 7) is 3.34. The van der Waals surface area contributed by atoms with Crippen LogP contribution in [0.25, 0.3) is 10.8 Å². The summed E-state index contributed by atoms with van der Waals surface area (Å²) in [6.07, 6.45) is 1.02. The van der Waals surface area contributed by atoms with E-state index >= 15 is 0 Å². The molecule has 0 bridgehead atoms. The molecule has 3 aromatic rings. The van der Waals surface area contributed by atoms with Crippen LogP contribution in [-0.4, -0.2) is 43.5 Å². The highest BCUT2D eigenvalue weighted by atomic mass is 35.5. The van der Waals surface area contributed by atoms with Gasteiger partial charge in [0, 0.05) is 42.4 Å². The number of anilines is 2. The molecule has 0 atom stereocenters. The summed E-state index contributed by atoms with van der Waals surface area (Å²) in [5, 5.41) is 15.1. The maximum atomic E-state index is 11.6. The molecule has 7 nitrogen and oxygen atoms in total. The molecule has 1 heterocycles. The van der Waals surface area contributed by atoms with Gasteiger partial charge >= 0.3 is 5.97 Å². The molecule has 0 aliphatic rings. The summed E-state index contributed by atoms with van der Waals surface area (Å²) in [6, 6.07) is 11.2. The SMILES string of the molecule is CCOC(=O)CCCN(C)c1nnc(NCc2ccc(OC)c(Cl)c2)c2cc(Cl)ccc12. The van der Waals surface area contributed by atoms with E-state index in [0.717, 1.165) is 22.2 Å². The smallest absolute Gasteiger partial charge is 0.305 e. The van der Waals surface area contributed by atoms with Gasteiger partial charge < -0.3 is 19.7 Å². The lowest BCUT2D eigenvalue weighted by Gasteiger charge is -2.20. The molecular weight excluding hydrogens is 451 g/mol. The minimum absolute atomic E-state index is 0.193. The summed E-state index contributed by atoms with van der Waals surface area (Å²) >= 11 is 12.5. The largest absolute Gasteiger partial charge is 0.495 e. The van der Waals surface area contributed by atoms with Crippen LogP contribution in [0.3, 0.4) is 0 Å². The Morgan fingerprint density at radius 1 is 1.12 bits per heavy atom. The van der Waals surface area contributed by atoms with Crippen molar-refractivity contribution in [3.8, 4) is 5.75 Å². The van der Waals surface area contributed by atoms with Crippen molar-refractivity contribution < 1.29 is 14.3 Å². The predicted molar refractivity (Wildman–Crippen MR) is 129 cm³/mol. The van der Waals surface area contributed by atoms with Crippen LogP contribution < -0.4 is 15.0 Å². The van der Waals surface area contributed by atoms with Gasteiger partial charge in [0.2, 0.25) is 0 Å². The fraction of sp³-hybridized carbons (Fsp3) is 0.348. The lowest BCUT2D eigenvalue weighted by molar-refractivity contribution is -0.143. The predicted octanol–water partition coefficient (Wildman–Crippen LogP) is 5.34. The maximum absolute atomic E-state index is 11.6. The van der Waals surface area contributed by atoms with Gasteiger partial charge in [0.1, 0.15) is 5.75 Å². The Morgan fingerprint density at radius 2 is 1.94 bits per heavy atom. The van der Waals surface area contributed by atoms with E-state index in [1.807, 2.05) is 48.3 Å². The topological polar surface area (TPSA) is 76.6 Å². The Balaban J connectivity index is 1.78. The molecule has 9 heteroatoms. The number of carbonyl (C=O) groups is 1. The Morgan fingerprint density at radius 3 is 2.66 bits per heavy atom. The molecule has 0 aliphatic carbocycles. The molecule has 3 rings (SSSR count). The number of methoxy groups -OCH3 is 1. The molecule has 32 heavy (non-hydrogen) atoms. The zero-order chi connectivity index (χ0) is 23.1. The molecular formula is C23H26Cl2N4O3. The number of nitrogens with zero attached hydrogens (tertiary/aromatic N) is 3. The van der Waals surface area contributed by atoms with Crippen molar-refractivity contribution in [2.45, 2.75) is 26.3 Å². The molecule has 170 valence electrons. The molecule has 1 N–H and O–H groups in total. The number of carbonyl (C=O) groups excluding carboxylic acids is 1. The molecule has 0 spiro atoms. The highest BCUT2D eigenvalue weighted by Crippen LogP contribution is 2.31. The van der Waals surface area contributed by atoms with Crippen molar-refractivity contribution in [1.29, 1.82) is 0 Å². The number of halogens is 2. The third-order valence-electron chi connectivity index (χ3n) is 4.94. The third-order valence-corrected chi connectivity index (χ3v) is 5.47. The summed E-state index contributed by atoms with van der Waals surface area (Å²) in [5.74, 6) is 1.78. The summed E-state index contributed by atoms with van der Waals surface area (Å²) in [5.41, 5.74) is 0.980. The van der Waals surface area contributed by atoms with E-state index < -0.39 is 0 Å². The zero-order valence-electron chi connectivity index (χ0n) is 18.3. The first-order chi connectivity index (χ1) is 15.4. The Labute approximate surface area is 197 Å². The van der Waals surface area contributed by atoms with Crippen molar-refractivity contribution in [2.75, 3.05) is 37.5 Å². The van der Waals surface area contributed by atoms with Crippen LogP contribution in [0.15, 0.2) is 36.4 Å². The maximum Gasteiger partial charge on any atom is 0.305 e. The number of ether oxygens (including phenoxy) is 2. The standard InChI is InChI=1S/C23H26Cl2N4O3/c1-4-32-21(30)6-5-11-29(2)23-17-9-8-16(24)13-18(17)22(27-28-23)26-14-15-7-10-20(31-3)19(25)12-15/h7-10,12-13H,4-6,11,14H2,1-3H3,(H,26,27). The number of hydrogen-bond acceptors (Lipinski definition) is 7. The van der Waals surface area contributed by atoms with Crippen LogP contribution in [0.5, 0.6) is 5.75 Å². The van der Waals surface area contributed by atoms with Crippen molar-refractivity contribution in [3.05, 3.63) is 52.0 Å². The number of nitrogens with one attached hydrogen (secondary N) is 1. The number of fused-ring (bicyclic) bond motifs is 1. The van der Waals surface area contributed by atoms with E-state index in [2.05, 4.69) is 15.5 Å². The quantitative estimate of drug-likeness (QED) is 0.395. The lowest BCUT2D eigenvalue weighted by atomic mass is 10.1. The molecule has 0 radical (unpaired) electrons. The Bertz CT molecular complexity index is 1090. The number of hydrogen-bond donors (Lipinski definition) is 1. The molecule has 0 aliphatic heterocycles. The van der Waals surface area contributed by atoms with Gasteiger partial charge in [-0.3, -0.25) is 4.79 Å².